The van der Waals surface area contributed by atoms with Gasteiger partial charge in [0, 0.05) is 39.4 Å². The lowest BCUT2D eigenvalue weighted by atomic mass is 10.4. The summed E-state index contributed by atoms with van der Waals surface area (Å²) in [4.78, 5) is 3.99. The van der Waals surface area contributed by atoms with Crippen LogP contribution in [0.25, 0.3) is 0 Å². The molecule has 1 aromatic heterocycles. The van der Waals surface area contributed by atoms with Gasteiger partial charge >= 0.3 is 6.18 Å². The Morgan fingerprint density at radius 3 is 2.19 bits per heavy atom. The van der Waals surface area contributed by atoms with Crippen molar-refractivity contribution in [3.63, 3.8) is 0 Å². The fraction of sp³-hybridized carbons (Fsp3) is 0.769. The first-order valence-electron chi connectivity index (χ1n) is 7.87. The minimum absolute atomic E-state index is 0.0204. The van der Waals surface area contributed by atoms with Gasteiger partial charge in [-0.1, -0.05) is 0 Å². The van der Waals surface area contributed by atoms with Gasteiger partial charge in [0.05, 0.1) is 12.2 Å². The van der Waals surface area contributed by atoms with Crippen LogP contribution in [-0.4, -0.2) is 73.1 Å². The summed E-state index contributed by atoms with van der Waals surface area (Å²) in [6, 6.07) is 0. The molecule has 0 spiro atoms. The van der Waals surface area contributed by atoms with Crippen LogP contribution < -0.4 is 0 Å². The van der Waals surface area contributed by atoms with E-state index in [0.717, 1.165) is 8.61 Å². The van der Waals surface area contributed by atoms with Gasteiger partial charge in [-0.05, 0) is 13.3 Å². The Kier molecular flexibility index (Phi) is 6.05. The van der Waals surface area contributed by atoms with Gasteiger partial charge in [0.25, 0.3) is 10.0 Å². The quantitative estimate of drug-likeness (QED) is 0.702. The summed E-state index contributed by atoms with van der Waals surface area (Å²) in [5.41, 5.74) is 0. The maximum Gasteiger partial charge on any atom is 0.390 e. The molecule has 0 aromatic carbocycles. The minimum atomic E-state index is -4.56. The van der Waals surface area contributed by atoms with E-state index in [2.05, 4.69) is 4.98 Å². The Hall–Kier alpha value is -1.18. The normalized spacial score (nSPS) is 18.8. The maximum absolute atomic E-state index is 12.7. The van der Waals surface area contributed by atoms with E-state index in [-0.39, 0.29) is 37.6 Å². The van der Waals surface area contributed by atoms with Gasteiger partial charge in [-0.3, -0.25) is 0 Å². The Labute approximate surface area is 150 Å². The topological polar surface area (TPSA) is 92.6 Å². The van der Waals surface area contributed by atoms with Crippen molar-refractivity contribution in [2.24, 2.45) is 7.05 Å². The average molecular weight is 418 g/mol. The summed E-state index contributed by atoms with van der Waals surface area (Å²) in [5, 5.41) is -0.133. The van der Waals surface area contributed by atoms with Crippen molar-refractivity contribution < 1.29 is 30.0 Å². The Balaban J connectivity index is 2.10. The van der Waals surface area contributed by atoms with E-state index >= 15 is 0 Å². The molecule has 0 amide bonds. The molecule has 1 aromatic rings. The summed E-state index contributed by atoms with van der Waals surface area (Å²) in [6.07, 6.45) is -4.43. The van der Waals surface area contributed by atoms with Gasteiger partial charge in [0.1, 0.15) is 5.82 Å². The SMILES string of the molecule is Cc1nc(S(=O)(=O)N2CCCN(S(=O)(=O)CCC(F)(F)F)CC2)cn1C. The van der Waals surface area contributed by atoms with Gasteiger partial charge in [0.15, 0.2) is 5.03 Å². The zero-order chi connectivity index (χ0) is 19.8. The molecule has 0 saturated carbocycles. The minimum Gasteiger partial charge on any atom is -0.337 e. The Morgan fingerprint density at radius 2 is 1.65 bits per heavy atom. The molecule has 13 heteroatoms. The molecular weight excluding hydrogens is 397 g/mol. The van der Waals surface area contributed by atoms with E-state index in [0.29, 0.717) is 5.82 Å². The second kappa shape index (κ2) is 7.44. The highest BCUT2D eigenvalue weighted by atomic mass is 32.2. The zero-order valence-corrected chi connectivity index (χ0v) is 16.0. The summed E-state index contributed by atoms with van der Waals surface area (Å²) in [5.74, 6) is -0.530. The molecule has 1 aliphatic heterocycles. The van der Waals surface area contributed by atoms with Crippen molar-refractivity contribution in [1.82, 2.24) is 18.2 Å². The van der Waals surface area contributed by atoms with E-state index < -0.39 is 38.4 Å². The van der Waals surface area contributed by atoms with E-state index in [1.165, 1.54) is 6.20 Å². The predicted molar refractivity (Wildman–Crippen MR) is 87.4 cm³/mol. The standard InChI is InChI=1S/C13H21F3N4O4S2/c1-11-17-12(10-18(11)2)26(23,24)20-6-3-5-19(7-8-20)25(21,22)9-4-13(14,15)16/h10H,3-9H2,1-2H3. The molecule has 0 N–H and O–H groups in total. The first-order valence-corrected chi connectivity index (χ1v) is 10.9. The molecule has 150 valence electrons. The van der Waals surface area contributed by atoms with Crippen molar-refractivity contribution in [3.05, 3.63) is 12.0 Å². The third-order valence-corrected chi connectivity index (χ3v) is 7.78. The van der Waals surface area contributed by atoms with E-state index in [4.69, 9.17) is 0 Å². The van der Waals surface area contributed by atoms with Gasteiger partial charge < -0.3 is 4.57 Å². The smallest absolute Gasteiger partial charge is 0.337 e. The largest absolute Gasteiger partial charge is 0.390 e. The van der Waals surface area contributed by atoms with Crippen molar-refractivity contribution in [2.75, 3.05) is 31.9 Å². The lowest BCUT2D eigenvalue weighted by molar-refractivity contribution is -0.130. The zero-order valence-electron chi connectivity index (χ0n) is 14.4. The maximum atomic E-state index is 12.7. The summed E-state index contributed by atoms with van der Waals surface area (Å²) in [6.45, 7) is 1.38. The van der Waals surface area contributed by atoms with Crippen LogP contribution in [0.15, 0.2) is 11.2 Å². The average Bonchev–Trinajstić information content (AvgIpc) is 2.75. The third kappa shape index (κ3) is 4.96. The number of aromatic nitrogens is 2. The lowest BCUT2D eigenvalue weighted by Crippen LogP contribution is -2.39. The lowest BCUT2D eigenvalue weighted by Gasteiger charge is -2.21. The Bertz CT molecular complexity index is 830. The Morgan fingerprint density at radius 1 is 1.08 bits per heavy atom. The highest BCUT2D eigenvalue weighted by Gasteiger charge is 2.35. The highest BCUT2D eigenvalue weighted by Crippen LogP contribution is 2.22. The number of rotatable bonds is 5. The van der Waals surface area contributed by atoms with Crippen LogP contribution >= 0.6 is 0 Å². The fourth-order valence-electron chi connectivity index (χ4n) is 2.55. The van der Waals surface area contributed by atoms with E-state index in [1.807, 2.05) is 0 Å². The molecule has 2 rings (SSSR count). The summed E-state index contributed by atoms with van der Waals surface area (Å²) in [7, 11) is -6.34. The van der Waals surface area contributed by atoms with Gasteiger partial charge in [0.2, 0.25) is 10.0 Å². The highest BCUT2D eigenvalue weighted by molar-refractivity contribution is 7.89. The number of nitrogens with zero attached hydrogens (tertiary/aromatic N) is 4. The van der Waals surface area contributed by atoms with Crippen LogP contribution in [-0.2, 0) is 27.1 Å². The molecule has 26 heavy (non-hydrogen) atoms. The van der Waals surface area contributed by atoms with Crippen LogP contribution in [0.3, 0.4) is 0 Å². The molecule has 1 saturated heterocycles. The summed E-state index contributed by atoms with van der Waals surface area (Å²) >= 11 is 0. The monoisotopic (exact) mass is 418 g/mol. The number of halogens is 3. The molecule has 8 nitrogen and oxygen atoms in total. The molecule has 0 bridgehead atoms. The van der Waals surface area contributed by atoms with Crippen LogP contribution in [0.1, 0.15) is 18.7 Å². The van der Waals surface area contributed by atoms with Crippen molar-refractivity contribution in [2.45, 2.75) is 31.0 Å². The van der Waals surface area contributed by atoms with Gasteiger partial charge in [-0.15, -0.1) is 0 Å². The number of sulfonamides is 2. The first-order chi connectivity index (χ1) is 11.8. The first kappa shape index (κ1) is 21.1. The molecule has 0 atom stereocenters. The predicted octanol–water partition coefficient (Wildman–Crippen LogP) is 0.707. The number of aryl methyl sites for hydroxylation is 2. The van der Waals surface area contributed by atoms with Crippen LogP contribution in [0.2, 0.25) is 0 Å². The summed E-state index contributed by atoms with van der Waals surface area (Å²) < 4.78 is 90.0. The number of hydrogen-bond acceptors (Lipinski definition) is 5. The molecule has 1 aliphatic rings. The van der Waals surface area contributed by atoms with Gasteiger partial charge in [-0.2, -0.15) is 17.5 Å². The molecule has 0 unspecified atom stereocenters. The molecule has 0 aliphatic carbocycles. The number of hydrogen-bond donors (Lipinski definition) is 0. The third-order valence-electron chi connectivity index (χ3n) is 4.14. The van der Waals surface area contributed by atoms with E-state index in [9.17, 15) is 30.0 Å². The number of alkyl halides is 3. The molecule has 0 radical (unpaired) electrons. The van der Waals surface area contributed by atoms with Crippen LogP contribution in [0, 0.1) is 6.92 Å². The molecule has 1 fully saturated rings. The van der Waals surface area contributed by atoms with Crippen molar-refractivity contribution >= 4 is 20.0 Å². The van der Waals surface area contributed by atoms with Crippen molar-refractivity contribution in [3.8, 4) is 0 Å². The second-order valence-corrected chi connectivity index (χ2v) is 10.0. The number of imidazole rings is 1. The molecule has 2 heterocycles. The van der Waals surface area contributed by atoms with E-state index in [1.54, 1.807) is 18.5 Å². The van der Waals surface area contributed by atoms with Gasteiger partial charge in [-0.25, -0.2) is 26.1 Å². The molecular formula is C13H21F3N4O4S2. The van der Waals surface area contributed by atoms with Crippen LogP contribution in [0.5, 0.6) is 0 Å². The van der Waals surface area contributed by atoms with Crippen LogP contribution in [0.4, 0.5) is 13.2 Å². The fourth-order valence-corrected chi connectivity index (χ4v) is 5.55. The van der Waals surface area contributed by atoms with Crippen molar-refractivity contribution in [1.29, 1.82) is 0 Å². The second-order valence-electron chi connectivity index (χ2n) is 6.08.